The lowest BCUT2D eigenvalue weighted by atomic mass is 10.2. The molecule has 4 heteroatoms. The molecule has 1 saturated carbocycles. The van der Waals surface area contributed by atoms with E-state index in [4.69, 9.17) is 5.73 Å². The predicted octanol–water partition coefficient (Wildman–Crippen LogP) is 0.804. The molecule has 1 aromatic rings. The van der Waals surface area contributed by atoms with Crippen molar-refractivity contribution in [2.24, 2.45) is 5.92 Å². The number of hydrogen-bond donors (Lipinski definition) is 2. The highest BCUT2D eigenvalue weighted by Crippen LogP contribution is 2.27. The molecule has 14 heavy (non-hydrogen) atoms. The van der Waals surface area contributed by atoms with Crippen LogP contribution in [0.5, 0.6) is 0 Å². The van der Waals surface area contributed by atoms with Crippen molar-refractivity contribution in [3.8, 4) is 0 Å². The van der Waals surface area contributed by atoms with Crippen LogP contribution in [0.1, 0.15) is 23.2 Å². The summed E-state index contributed by atoms with van der Waals surface area (Å²) in [7, 11) is 0. The van der Waals surface area contributed by atoms with Crippen LogP contribution in [0.15, 0.2) is 18.3 Å². The lowest BCUT2D eigenvalue weighted by molar-refractivity contribution is 0.0951. The zero-order valence-corrected chi connectivity index (χ0v) is 7.86. The average Bonchev–Trinajstić information content (AvgIpc) is 2.97. The van der Waals surface area contributed by atoms with Crippen LogP contribution >= 0.6 is 0 Å². The number of aromatic nitrogens is 1. The van der Waals surface area contributed by atoms with Gasteiger partial charge >= 0.3 is 0 Å². The second-order valence-electron chi connectivity index (χ2n) is 3.62. The van der Waals surface area contributed by atoms with Crippen molar-refractivity contribution in [2.75, 3.05) is 12.3 Å². The average molecular weight is 191 g/mol. The van der Waals surface area contributed by atoms with Crippen molar-refractivity contribution in [3.05, 3.63) is 23.9 Å². The number of anilines is 1. The highest BCUT2D eigenvalue weighted by atomic mass is 16.1. The molecule has 1 aliphatic rings. The molecule has 0 bridgehead atoms. The van der Waals surface area contributed by atoms with E-state index in [2.05, 4.69) is 10.3 Å². The number of rotatable bonds is 3. The zero-order valence-electron chi connectivity index (χ0n) is 7.86. The van der Waals surface area contributed by atoms with Gasteiger partial charge in [-0.3, -0.25) is 4.79 Å². The minimum Gasteiger partial charge on any atom is -0.384 e. The Morgan fingerprint density at radius 2 is 2.43 bits per heavy atom. The quantitative estimate of drug-likeness (QED) is 0.742. The van der Waals surface area contributed by atoms with Crippen molar-refractivity contribution in [1.82, 2.24) is 10.3 Å². The first-order chi connectivity index (χ1) is 6.75. The normalized spacial score (nSPS) is 15.1. The van der Waals surface area contributed by atoms with Crippen molar-refractivity contribution in [3.63, 3.8) is 0 Å². The first-order valence-electron chi connectivity index (χ1n) is 4.75. The number of nitrogens with zero attached hydrogens (tertiary/aromatic N) is 1. The predicted molar refractivity (Wildman–Crippen MR) is 53.7 cm³/mol. The Morgan fingerprint density at radius 3 is 3.07 bits per heavy atom. The third kappa shape index (κ3) is 2.22. The first kappa shape index (κ1) is 8.99. The monoisotopic (exact) mass is 191 g/mol. The topological polar surface area (TPSA) is 68.0 Å². The van der Waals surface area contributed by atoms with Crippen LogP contribution in [-0.2, 0) is 0 Å². The van der Waals surface area contributed by atoms with Gasteiger partial charge in [0.2, 0.25) is 0 Å². The van der Waals surface area contributed by atoms with Crippen molar-refractivity contribution >= 4 is 11.7 Å². The largest absolute Gasteiger partial charge is 0.384 e. The Morgan fingerprint density at radius 1 is 1.64 bits per heavy atom. The van der Waals surface area contributed by atoms with Gasteiger partial charge in [0, 0.05) is 18.3 Å². The molecule has 4 nitrogen and oxygen atoms in total. The van der Waals surface area contributed by atoms with Crippen molar-refractivity contribution < 1.29 is 4.79 Å². The Kier molecular flexibility index (Phi) is 2.35. The summed E-state index contributed by atoms with van der Waals surface area (Å²) in [6, 6.07) is 3.25. The van der Waals surface area contributed by atoms with E-state index in [1.807, 2.05) is 0 Å². The second kappa shape index (κ2) is 3.65. The van der Waals surface area contributed by atoms with Gasteiger partial charge in [-0.15, -0.1) is 0 Å². The van der Waals surface area contributed by atoms with Gasteiger partial charge in [0.25, 0.3) is 5.91 Å². The van der Waals surface area contributed by atoms with E-state index in [0.717, 1.165) is 6.54 Å². The minimum atomic E-state index is -0.0639. The summed E-state index contributed by atoms with van der Waals surface area (Å²) < 4.78 is 0. The number of amides is 1. The molecule has 3 N–H and O–H groups in total. The maximum atomic E-state index is 11.5. The summed E-state index contributed by atoms with van der Waals surface area (Å²) in [6.07, 6.45) is 4.01. The van der Waals surface area contributed by atoms with E-state index in [1.165, 1.54) is 12.8 Å². The molecular formula is C10H13N3O. The molecule has 0 spiro atoms. The number of carbonyl (C=O) groups excluding carboxylic acids is 1. The summed E-state index contributed by atoms with van der Waals surface area (Å²) in [5.41, 5.74) is 6.06. The molecule has 0 saturated heterocycles. The van der Waals surface area contributed by atoms with E-state index in [0.29, 0.717) is 17.3 Å². The molecule has 0 aromatic carbocycles. The molecule has 1 heterocycles. The third-order valence-electron chi connectivity index (χ3n) is 2.29. The maximum Gasteiger partial charge on any atom is 0.251 e. The summed E-state index contributed by atoms with van der Waals surface area (Å²) >= 11 is 0. The number of carbonyl (C=O) groups is 1. The fraction of sp³-hybridized carbons (Fsp3) is 0.400. The third-order valence-corrected chi connectivity index (χ3v) is 2.29. The lowest BCUT2D eigenvalue weighted by Gasteiger charge is -2.03. The summed E-state index contributed by atoms with van der Waals surface area (Å²) in [5.74, 6) is 1.01. The molecule has 0 atom stereocenters. The molecule has 0 radical (unpaired) electrons. The molecule has 1 amide bonds. The highest BCUT2D eigenvalue weighted by Gasteiger charge is 2.21. The molecule has 1 fully saturated rings. The number of pyridine rings is 1. The van der Waals surface area contributed by atoms with E-state index < -0.39 is 0 Å². The molecule has 74 valence electrons. The minimum absolute atomic E-state index is 0.0639. The van der Waals surface area contributed by atoms with Gasteiger partial charge < -0.3 is 11.1 Å². The van der Waals surface area contributed by atoms with E-state index in [-0.39, 0.29) is 5.91 Å². The zero-order chi connectivity index (χ0) is 9.97. The SMILES string of the molecule is Nc1cc(C(=O)NCC2CC2)ccn1. The van der Waals surface area contributed by atoms with E-state index >= 15 is 0 Å². The molecule has 1 aliphatic carbocycles. The maximum absolute atomic E-state index is 11.5. The molecule has 2 rings (SSSR count). The van der Waals surface area contributed by atoms with Crippen LogP contribution in [0.4, 0.5) is 5.82 Å². The van der Waals surface area contributed by atoms with Gasteiger partial charge in [-0.05, 0) is 30.9 Å². The molecule has 0 unspecified atom stereocenters. The van der Waals surface area contributed by atoms with E-state index in [1.54, 1.807) is 18.3 Å². The fourth-order valence-corrected chi connectivity index (χ4v) is 1.25. The van der Waals surface area contributed by atoms with Gasteiger partial charge in [-0.2, -0.15) is 0 Å². The van der Waals surface area contributed by atoms with Crippen LogP contribution < -0.4 is 11.1 Å². The first-order valence-corrected chi connectivity index (χ1v) is 4.75. The Balaban J connectivity index is 1.95. The highest BCUT2D eigenvalue weighted by molar-refractivity contribution is 5.94. The van der Waals surface area contributed by atoms with Crippen LogP contribution in [0, 0.1) is 5.92 Å². The van der Waals surface area contributed by atoms with Gasteiger partial charge in [0.1, 0.15) is 5.82 Å². The van der Waals surface area contributed by atoms with Gasteiger partial charge in [0.15, 0.2) is 0 Å². The number of hydrogen-bond acceptors (Lipinski definition) is 3. The summed E-state index contributed by atoms with van der Waals surface area (Å²) in [4.78, 5) is 15.4. The Bertz CT molecular complexity index is 347. The smallest absolute Gasteiger partial charge is 0.251 e. The van der Waals surface area contributed by atoms with Gasteiger partial charge in [0.05, 0.1) is 0 Å². The molecule has 1 aromatic heterocycles. The summed E-state index contributed by atoms with van der Waals surface area (Å²) in [5, 5.41) is 2.87. The van der Waals surface area contributed by atoms with Crippen LogP contribution in [0.2, 0.25) is 0 Å². The molecule has 0 aliphatic heterocycles. The van der Waals surface area contributed by atoms with Crippen molar-refractivity contribution in [2.45, 2.75) is 12.8 Å². The van der Waals surface area contributed by atoms with Gasteiger partial charge in [-0.1, -0.05) is 0 Å². The Labute approximate surface area is 82.5 Å². The fourth-order valence-electron chi connectivity index (χ4n) is 1.25. The van der Waals surface area contributed by atoms with Crippen molar-refractivity contribution in [1.29, 1.82) is 0 Å². The number of nitrogen functional groups attached to an aromatic ring is 1. The number of nitrogens with two attached hydrogens (primary N) is 1. The van der Waals surface area contributed by atoms with Gasteiger partial charge in [-0.25, -0.2) is 4.98 Å². The Hall–Kier alpha value is -1.58. The molecular weight excluding hydrogens is 178 g/mol. The number of nitrogens with one attached hydrogen (secondary N) is 1. The standard InChI is InChI=1S/C10H13N3O/c11-9-5-8(3-4-12-9)10(14)13-6-7-1-2-7/h3-5,7H,1-2,6H2,(H2,11,12)(H,13,14). The summed E-state index contributed by atoms with van der Waals surface area (Å²) in [6.45, 7) is 0.779. The van der Waals surface area contributed by atoms with Crippen LogP contribution in [0.25, 0.3) is 0 Å². The van der Waals surface area contributed by atoms with Crippen LogP contribution in [0.3, 0.4) is 0 Å². The lowest BCUT2D eigenvalue weighted by Crippen LogP contribution is -2.25. The van der Waals surface area contributed by atoms with E-state index in [9.17, 15) is 4.79 Å². The van der Waals surface area contributed by atoms with Crippen LogP contribution in [-0.4, -0.2) is 17.4 Å². The second-order valence-corrected chi connectivity index (χ2v) is 3.62.